The highest BCUT2D eigenvalue weighted by molar-refractivity contribution is 6.26. The summed E-state index contributed by atoms with van der Waals surface area (Å²) in [5.41, 5.74) is 14.8. The zero-order chi connectivity index (χ0) is 23.0. The number of amides is 1. The molecule has 1 amide bonds. The summed E-state index contributed by atoms with van der Waals surface area (Å²) in [5.74, 6) is 0.0695. The standard InChI is InChI=1S/C23H26FN5O3/c1-27-17-11-29(2)23(30)15-7-6-14(24)9-16(15)20(12-4-5-12)32-18-8-13(10-28-21(18)25)19(17)22(26)31-3/h6-10,12,20H,4-5,11,26H2,1-3H3,(H2,25,28)/b22-19+,27-17?. The number of pyridine rings is 1. The Morgan fingerprint density at radius 1 is 1.34 bits per heavy atom. The van der Waals surface area contributed by atoms with Crippen LogP contribution in [0.1, 0.15) is 40.4 Å². The van der Waals surface area contributed by atoms with Crippen molar-refractivity contribution in [2.45, 2.75) is 18.9 Å². The van der Waals surface area contributed by atoms with Gasteiger partial charge in [0.25, 0.3) is 5.91 Å². The molecular formula is C23H26FN5O3. The van der Waals surface area contributed by atoms with Crippen molar-refractivity contribution in [3.05, 3.63) is 58.9 Å². The third-order valence-electron chi connectivity index (χ3n) is 5.78. The minimum atomic E-state index is -0.539. The van der Waals surface area contributed by atoms with Crippen LogP contribution < -0.4 is 16.2 Å². The van der Waals surface area contributed by atoms with Crippen LogP contribution in [0.2, 0.25) is 0 Å². The number of hydrogen-bond acceptors (Lipinski definition) is 7. The first-order valence-corrected chi connectivity index (χ1v) is 10.3. The van der Waals surface area contributed by atoms with Crippen LogP contribution in [0.25, 0.3) is 5.57 Å². The number of carbonyl (C=O) groups is 1. The third kappa shape index (κ3) is 3.98. The summed E-state index contributed by atoms with van der Waals surface area (Å²) >= 11 is 0. The number of aliphatic imine (C=N–C) groups is 1. The molecule has 1 aliphatic heterocycles. The maximum atomic E-state index is 14.3. The lowest BCUT2D eigenvalue weighted by molar-refractivity contribution is 0.0807. The summed E-state index contributed by atoms with van der Waals surface area (Å²) in [7, 11) is 4.72. The molecule has 9 heteroatoms. The molecule has 4 rings (SSSR count). The van der Waals surface area contributed by atoms with Gasteiger partial charge in [0.05, 0.1) is 24.9 Å². The summed E-state index contributed by atoms with van der Waals surface area (Å²) < 4.78 is 25.9. The van der Waals surface area contributed by atoms with Gasteiger partial charge in [0.1, 0.15) is 11.9 Å². The van der Waals surface area contributed by atoms with E-state index < -0.39 is 11.9 Å². The number of methoxy groups -OCH3 is 1. The van der Waals surface area contributed by atoms with Crippen molar-refractivity contribution < 1.29 is 18.7 Å². The van der Waals surface area contributed by atoms with Gasteiger partial charge in [-0.3, -0.25) is 9.79 Å². The van der Waals surface area contributed by atoms with Crippen LogP contribution in [0.3, 0.4) is 0 Å². The third-order valence-corrected chi connectivity index (χ3v) is 5.78. The van der Waals surface area contributed by atoms with Gasteiger partial charge in [-0.25, -0.2) is 9.37 Å². The smallest absolute Gasteiger partial charge is 0.254 e. The molecule has 1 aromatic heterocycles. The predicted octanol–water partition coefficient (Wildman–Crippen LogP) is 2.76. The number of nitrogens with two attached hydrogens (primary N) is 2. The number of hydrogen-bond donors (Lipinski definition) is 2. The molecule has 0 spiro atoms. The first-order valence-electron chi connectivity index (χ1n) is 10.3. The fourth-order valence-corrected chi connectivity index (χ4v) is 3.92. The SMILES string of the molecule is CN=C1CN(C)C(=O)c2ccc(F)cc2C(C2CC2)Oc2cc(cnc2N)/C1=C(/N)OC. The highest BCUT2D eigenvalue weighted by Gasteiger charge is 2.38. The van der Waals surface area contributed by atoms with Gasteiger partial charge in [-0.1, -0.05) is 0 Å². The first-order chi connectivity index (χ1) is 15.3. The zero-order valence-electron chi connectivity index (χ0n) is 18.3. The molecule has 2 bridgehead atoms. The Labute approximate surface area is 185 Å². The molecule has 0 saturated heterocycles. The molecule has 4 N–H and O–H groups in total. The number of nitrogens with zero attached hydrogens (tertiary/aromatic N) is 3. The topological polar surface area (TPSA) is 116 Å². The number of nitrogen functional groups attached to an aromatic ring is 1. The zero-order valence-corrected chi connectivity index (χ0v) is 18.3. The molecule has 1 fully saturated rings. The summed E-state index contributed by atoms with van der Waals surface area (Å²) in [6.07, 6.45) is 2.84. The van der Waals surface area contributed by atoms with Crippen LogP contribution in [0.4, 0.5) is 10.2 Å². The second-order valence-electron chi connectivity index (χ2n) is 7.99. The van der Waals surface area contributed by atoms with Crippen LogP contribution in [-0.4, -0.2) is 49.3 Å². The van der Waals surface area contributed by atoms with Crippen molar-refractivity contribution in [1.82, 2.24) is 9.88 Å². The largest absolute Gasteiger partial charge is 0.482 e. The molecule has 8 nitrogen and oxygen atoms in total. The van der Waals surface area contributed by atoms with E-state index in [1.165, 1.54) is 30.2 Å². The number of carbonyl (C=O) groups excluding carboxylic acids is 1. The van der Waals surface area contributed by atoms with E-state index in [0.717, 1.165) is 12.8 Å². The lowest BCUT2D eigenvalue weighted by atomic mass is 9.96. The highest BCUT2D eigenvalue weighted by Crippen LogP contribution is 2.46. The molecule has 1 aromatic carbocycles. The maximum absolute atomic E-state index is 14.3. The van der Waals surface area contributed by atoms with Gasteiger partial charge in [-0.05, 0) is 37.1 Å². The minimum Gasteiger partial charge on any atom is -0.482 e. The van der Waals surface area contributed by atoms with E-state index in [9.17, 15) is 9.18 Å². The van der Waals surface area contributed by atoms with E-state index in [0.29, 0.717) is 33.7 Å². The second-order valence-corrected chi connectivity index (χ2v) is 7.99. The molecule has 0 radical (unpaired) electrons. The molecule has 2 aliphatic rings. The van der Waals surface area contributed by atoms with E-state index in [1.54, 1.807) is 26.4 Å². The Bertz CT molecular complexity index is 1130. The average Bonchev–Trinajstić information content (AvgIpc) is 3.62. The van der Waals surface area contributed by atoms with Crippen LogP contribution >= 0.6 is 0 Å². The van der Waals surface area contributed by atoms with E-state index in [-0.39, 0.29) is 30.1 Å². The van der Waals surface area contributed by atoms with E-state index >= 15 is 0 Å². The van der Waals surface area contributed by atoms with Crippen molar-refractivity contribution in [3.8, 4) is 5.75 Å². The molecule has 168 valence electrons. The number of benzene rings is 1. The molecule has 2 aromatic rings. The minimum absolute atomic E-state index is 0.127. The number of aromatic nitrogens is 1. The summed E-state index contributed by atoms with van der Waals surface area (Å²) in [6.45, 7) is 0.153. The molecular weight excluding hydrogens is 413 g/mol. The maximum Gasteiger partial charge on any atom is 0.254 e. The molecule has 32 heavy (non-hydrogen) atoms. The summed E-state index contributed by atoms with van der Waals surface area (Å²) in [5, 5.41) is 0. The van der Waals surface area contributed by atoms with Crippen LogP contribution in [0.15, 0.2) is 41.3 Å². The number of rotatable bonds is 2. The fourth-order valence-electron chi connectivity index (χ4n) is 3.92. The van der Waals surface area contributed by atoms with E-state index in [4.69, 9.17) is 20.9 Å². The number of ether oxygens (including phenoxy) is 2. The van der Waals surface area contributed by atoms with Crippen molar-refractivity contribution in [2.75, 3.05) is 33.5 Å². The number of anilines is 1. The van der Waals surface area contributed by atoms with Crippen LogP contribution in [0.5, 0.6) is 5.75 Å². The summed E-state index contributed by atoms with van der Waals surface area (Å²) in [4.78, 5) is 23.6. The van der Waals surface area contributed by atoms with Crippen LogP contribution in [-0.2, 0) is 4.74 Å². The Hall–Kier alpha value is -3.62. The fraction of sp³-hybridized carbons (Fsp3) is 0.348. The highest BCUT2D eigenvalue weighted by atomic mass is 19.1. The van der Waals surface area contributed by atoms with Crippen molar-refractivity contribution >= 4 is 23.0 Å². The monoisotopic (exact) mass is 439 g/mol. The molecule has 2 heterocycles. The Morgan fingerprint density at radius 2 is 2.09 bits per heavy atom. The van der Waals surface area contributed by atoms with E-state index in [2.05, 4.69) is 9.98 Å². The number of halogens is 1. The lowest BCUT2D eigenvalue weighted by Gasteiger charge is -2.27. The van der Waals surface area contributed by atoms with Gasteiger partial charge in [0, 0.05) is 42.9 Å². The van der Waals surface area contributed by atoms with Crippen molar-refractivity contribution in [2.24, 2.45) is 16.6 Å². The van der Waals surface area contributed by atoms with Gasteiger partial charge in [0.2, 0.25) is 0 Å². The van der Waals surface area contributed by atoms with Gasteiger partial charge in [-0.15, -0.1) is 0 Å². The Kier molecular flexibility index (Phi) is 5.73. The molecule has 1 atom stereocenters. The first kappa shape index (κ1) is 21.6. The molecule has 1 unspecified atom stereocenters. The van der Waals surface area contributed by atoms with Crippen LogP contribution in [0, 0.1) is 11.7 Å². The van der Waals surface area contributed by atoms with Gasteiger partial charge < -0.3 is 25.8 Å². The van der Waals surface area contributed by atoms with Gasteiger partial charge in [-0.2, -0.15) is 0 Å². The predicted molar refractivity (Wildman–Crippen MR) is 120 cm³/mol. The molecule has 1 saturated carbocycles. The van der Waals surface area contributed by atoms with Crippen molar-refractivity contribution in [3.63, 3.8) is 0 Å². The summed E-state index contributed by atoms with van der Waals surface area (Å²) in [6, 6.07) is 5.87. The normalized spacial score (nSPS) is 21.9. The lowest BCUT2D eigenvalue weighted by Crippen LogP contribution is -2.34. The Balaban J connectivity index is 1.96. The Morgan fingerprint density at radius 3 is 2.75 bits per heavy atom. The number of fused-ring (bicyclic) bond motifs is 3. The molecule has 1 aliphatic carbocycles. The van der Waals surface area contributed by atoms with Crippen molar-refractivity contribution in [1.29, 1.82) is 0 Å². The van der Waals surface area contributed by atoms with E-state index in [1.807, 2.05) is 0 Å². The quantitative estimate of drug-likeness (QED) is 0.695. The average molecular weight is 439 g/mol. The second kappa shape index (κ2) is 8.49. The van der Waals surface area contributed by atoms with Gasteiger partial charge in [0.15, 0.2) is 17.5 Å². The van der Waals surface area contributed by atoms with Gasteiger partial charge >= 0.3 is 0 Å².